The molecule has 138 valence electrons. The van der Waals surface area contributed by atoms with Crippen LogP contribution in [0, 0.1) is 13.8 Å². The normalized spacial score (nSPS) is 11.6. The van der Waals surface area contributed by atoms with Crippen LogP contribution in [0.25, 0.3) is 15.9 Å². The number of thiophene rings is 1. The molecule has 1 aromatic carbocycles. The summed E-state index contributed by atoms with van der Waals surface area (Å²) in [5.74, 6) is 0.729. The first kappa shape index (κ1) is 19.4. The molecule has 0 saturated carbocycles. The molecule has 2 heterocycles. The fourth-order valence-corrected chi connectivity index (χ4v) is 4.65. The fraction of sp³-hybridized carbons (Fsp3) is 0.368. The summed E-state index contributed by atoms with van der Waals surface area (Å²) >= 11 is 9.11. The van der Waals surface area contributed by atoms with Crippen molar-refractivity contribution in [1.82, 2.24) is 9.55 Å². The number of aromatic nitrogens is 2. The van der Waals surface area contributed by atoms with Gasteiger partial charge >= 0.3 is 0 Å². The number of rotatable bonds is 6. The molecule has 0 saturated heterocycles. The van der Waals surface area contributed by atoms with E-state index < -0.39 is 0 Å². The van der Waals surface area contributed by atoms with Crippen LogP contribution in [0.15, 0.2) is 34.2 Å². The molecule has 0 aliphatic rings. The zero-order chi connectivity index (χ0) is 18.8. The minimum atomic E-state index is -0.0357. The summed E-state index contributed by atoms with van der Waals surface area (Å²) < 4.78 is 7.29. The Bertz CT molecular complexity index is 978. The van der Waals surface area contributed by atoms with E-state index in [-0.39, 0.29) is 11.7 Å². The number of ether oxygens (including phenoxy) is 1. The van der Waals surface area contributed by atoms with Crippen LogP contribution < -0.4 is 5.56 Å². The standard InChI is InChI=1S/C19H21ClN2O2S2/c1-11(2)24-9-10-25-19-21-17-16(12(3)13(4)26-17)18(23)22(19)15-7-5-14(20)6-8-15/h5-8,11H,9-10H2,1-4H3. The smallest absolute Gasteiger partial charge is 0.267 e. The number of thioether (sulfide) groups is 1. The Morgan fingerprint density at radius 1 is 1.27 bits per heavy atom. The van der Waals surface area contributed by atoms with Gasteiger partial charge in [0.1, 0.15) is 4.83 Å². The lowest BCUT2D eigenvalue weighted by Gasteiger charge is -2.13. The molecule has 0 N–H and O–H groups in total. The second-order valence-electron chi connectivity index (χ2n) is 6.24. The van der Waals surface area contributed by atoms with Gasteiger partial charge in [-0.05, 0) is 57.5 Å². The first-order chi connectivity index (χ1) is 12.4. The van der Waals surface area contributed by atoms with Crippen molar-refractivity contribution >= 4 is 44.9 Å². The van der Waals surface area contributed by atoms with Gasteiger partial charge in [-0.25, -0.2) is 4.98 Å². The van der Waals surface area contributed by atoms with Gasteiger partial charge in [-0.1, -0.05) is 23.4 Å². The molecule has 7 heteroatoms. The lowest BCUT2D eigenvalue weighted by atomic mass is 10.2. The van der Waals surface area contributed by atoms with Gasteiger partial charge in [-0.2, -0.15) is 0 Å². The summed E-state index contributed by atoms with van der Waals surface area (Å²) in [5.41, 5.74) is 1.74. The highest BCUT2D eigenvalue weighted by atomic mass is 35.5. The molecule has 0 radical (unpaired) electrons. The number of halogens is 1. The quantitative estimate of drug-likeness (QED) is 0.318. The maximum absolute atomic E-state index is 13.3. The molecule has 2 aromatic heterocycles. The average molecular weight is 409 g/mol. The van der Waals surface area contributed by atoms with Gasteiger partial charge in [0.25, 0.3) is 5.56 Å². The molecule has 4 nitrogen and oxygen atoms in total. The highest BCUT2D eigenvalue weighted by Crippen LogP contribution is 2.29. The number of fused-ring (bicyclic) bond motifs is 1. The zero-order valence-electron chi connectivity index (χ0n) is 15.2. The van der Waals surface area contributed by atoms with Crippen LogP contribution in [0.5, 0.6) is 0 Å². The van der Waals surface area contributed by atoms with Crippen molar-refractivity contribution in [2.75, 3.05) is 12.4 Å². The van der Waals surface area contributed by atoms with Gasteiger partial charge in [0.15, 0.2) is 5.16 Å². The van der Waals surface area contributed by atoms with Crippen molar-refractivity contribution < 1.29 is 4.74 Å². The van der Waals surface area contributed by atoms with Crippen LogP contribution in [-0.2, 0) is 4.74 Å². The molecule has 0 spiro atoms. The van der Waals surface area contributed by atoms with Crippen molar-refractivity contribution in [2.24, 2.45) is 0 Å². The van der Waals surface area contributed by atoms with E-state index >= 15 is 0 Å². The van der Waals surface area contributed by atoms with Gasteiger partial charge in [-0.3, -0.25) is 9.36 Å². The third-order valence-corrected chi connectivity index (χ3v) is 6.28. The number of aryl methyl sites for hydroxylation is 2. The second-order valence-corrected chi connectivity index (χ2v) is 8.94. The largest absolute Gasteiger partial charge is 0.378 e. The molecule has 0 unspecified atom stereocenters. The summed E-state index contributed by atoms with van der Waals surface area (Å²) in [7, 11) is 0. The highest BCUT2D eigenvalue weighted by molar-refractivity contribution is 7.99. The Balaban J connectivity index is 2.10. The SMILES string of the molecule is Cc1sc2nc(SCCOC(C)C)n(-c3ccc(Cl)cc3)c(=O)c2c1C. The fourth-order valence-electron chi connectivity index (χ4n) is 2.61. The molecule has 26 heavy (non-hydrogen) atoms. The minimum Gasteiger partial charge on any atom is -0.378 e. The van der Waals surface area contributed by atoms with E-state index in [4.69, 9.17) is 21.3 Å². The van der Waals surface area contributed by atoms with Crippen LogP contribution >= 0.6 is 34.7 Å². The molecule has 3 rings (SSSR count). The van der Waals surface area contributed by atoms with Crippen LogP contribution in [0.2, 0.25) is 5.02 Å². The van der Waals surface area contributed by atoms with E-state index in [1.807, 2.05) is 39.8 Å². The average Bonchev–Trinajstić information content (AvgIpc) is 2.87. The van der Waals surface area contributed by atoms with Crippen LogP contribution in [0.3, 0.4) is 0 Å². The zero-order valence-corrected chi connectivity index (χ0v) is 17.6. The van der Waals surface area contributed by atoms with E-state index in [0.29, 0.717) is 22.2 Å². The maximum atomic E-state index is 13.3. The van der Waals surface area contributed by atoms with Gasteiger partial charge in [0, 0.05) is 15.7 Å². The Morgan fingerprint density at radius 3 is 2.62 bits per heavy atom. The molecule has 0 aliphatic carbocycles. The molecular formula is C19H21ClN2O2S2. The summed E-state index contributed by atoms with van der Waals surface area (Å²) in [6, 6.07) is 7.27. The predicted octanol–water partition coefficient (Wildman–Crippen LogP) is 5.23. The molecule has 0 amide bonds. The molecule has 0 aliphatic heterocycles. The van der Waals surface area contributed by atoms with Crippen molar-refractivity contribution in [3.63, 3.8) is 0 Å². The number of hydrogen-bond acceptors (Lipinski definition) is 5. The summed E-state index contributed by atoms with van der Waals surface area (Å²) in [4.78, 5) is 20.0. The van der Waals surface area contributed by atoms with E-state index in [9.17, 15) is 4.79 Å². The molecule has 3 aromatic rings. The first-order valence-electron chi connectivity index (χ1n) is 8.41. The van der Waals surface area contributed by atoms with Crippen molar-refractivity contribution in [2.45, 2.75) is 39.0 Å². The monoisotopic (exact) mass is 408 g/mol. The summed E-state index contributed by atoms with van der Waals surface area (Å²) in [5, 5.41) is 2.02. The van der Waals surface area contributed by atoms with Crippen molar-refractivity contribution in [3.05, 3.63) is 50.1 Å². The van der Waals surface area contributed by atoms with Gasteiger partial charge in [-0.15, -0.1) is 11.3 Å². The first-order valence-corrected chi connectivity index (χ1v) is 10.6. The lowest BCUT2D eigenvalue weighted by Crippen LogP contribution is -2.22. The lowest BCUT2D eigenvalue weighted by molar-refractivity contribution is 0.0920. The van der Waals surface area contributed by atoms with Crippen LogP contribution in [-0.4, -0.2) is 28.0 Å². The predicted molar refractivity (Wildman–Crippen MR) is 112 cm³/mol. The Hall–Kier alpha value is -1.34. The molecule has 0 fully saturated rings. The summed E-state index contributed by atoms with van der Waals surface area (Å²) in [6.07, 6.45) is 0.187. The second kappa shape index (κ2) is 8.13. The Labute approximate surface area is 166 Å². The van der Waals surface area contributed by atoms with E-state index in [1.165, 1.54) is 11.8 Å². The minimum absolute atomic E-state index is 0.0357. The molecule has 0 atom stereocenters. The van der Waals surface area contributed by atoms with Gasteiger partial charge in [0.05, 0.1) is 23.8 Å². The van der Waals surface area contributed by atoms with E-state index in [1.54, 1.807) is 28.0 Å². The number of hydrogen-bond donors (Lipinski definition) is 0. The Kier molecular flexibility index (Phi) is 6.07. The van der Waals surface area contributed by atoms with Crippen LogP contribution in [0.4, 0.5) is 0 Å². The number of nitrogens with zero attached hydrogens (tertiary/aromatic N) is 2. The van der Waals surface area contributed by atoms with Gasteiger partial charge < -0.3 is 4.74 Å². The molecule has 0 bridgehead atoms. The van der Waals surface area contributed by atoms with Crippen molar-refractivity contribution in [3.8, 4) is 5.69 Å². The van der Waals surface area contributed by atoms with Crippen LogP contribution in [0.1, 0.15) is 24.3 Å². The van der Waals surface area contributed by atoms with E-state index in [2.05, 4.69) is 0 Å². The third kappa shape index (κ3) is 3.98. The van der Waals surface area contributed by atoms with Crippen molar-refractivity contribution in [1.29, 1.82) is 0 Å². The van der Waals surface area contributed by atoms with E-state index in [0.717, 1.165) is 26.7 Å². The highest BCUT2D eigenvalue weighted by Gasteiger charge is 2.18. The topological polar surface area (TPSA) is 44.1 Å². The molecular weight excluding hydrogens is 388 g/mol. The Morgan fingerprint density at radius 2 is 1.96 bits per heavy atom. The summed E-state index contributed by atoms with van der Waals surface area (Å²) in [6.45, 7) is 8.63. The third-order valence-electron chi connectivity index (χ3n) is 4.02. The maximum Gasteiger partial charge on any atom is 0.267 e. The van der Waals surface area contributed by atoms with Gasteiger partial charge in [0.2, 0.25) is 0 Å². The number of benzene rings is 1.